The molecule has 5 nitrogen and oxygen atoms in total. The smallest absolute Gasteiger partial charge is 0.337 e. The zero-order chi connectivity index (χ0) is 15.1. The van der Waals surface area contributed by atoms with Crippen LogP contribution in [0.5, 0.6) is 0 Å². The lowest BCUT2D eigenvalue weighted by Crippen LogP contribution is -2.16. The van der Waals surface area contributed by atoms with Gasteiger partial charge in [-0.25, -0.2) is 14.0 Å². The maximum absolute atomic E-state index is 14.1. The summed E-state index contributed by atoms with van der Waals surface area (Å²) in [5.41, 5.74) is -0.160. The van der Waals surface area contributed by atoms with Gasteiger partial charge in [0.1, 0.15) is 11.5 Å². The molecule has 0 aliphatic carbocycles. The number of carboxylic acid groups (broad SMARTS) is 1. The number of rotatable bonds is 2. The van der Waals surface area contributed by atoms with E-state index in [1.807, 2.05) is 0 Å². The molecule has 7 heteroatoms. The van der Waals surface area contributed by atoms with Crippen LogP contribution in [0.3, 0.4) is 0 Å². The molecule has 0 atom stereocenters. The molecular weight excluding hydrogens is 343 g/mol. The Morgan fingerprint density at radius 2 is 1.95 bits per heavy atom. The summed E-state index contributed by atoms with van der Waals surface area (Å²) < 4.78 is 15.6. The van der Waals surface area contributed by atoms with Crippen LogP contribution in [-0.2, 0) is 0 Å². The number of fused-ring (bicyclic) bond motifs is 1. The van der Waals surface area contributed by atoms with Gasteiger partial charge in [0.25, 0.3) is 0 Å². The summed E-state index contributed by atoms with van der Waals surface area (Å²) in [6.07, 6.45) is 0. The molecule has 21 heavy (non-hydrogen) atoms. The molecule has 0 aliphatic rings. The number of aromatic carboxylic acids is 1. The number of imidazole rings is 1. The van der Waals surface area contributed by atoms with Gasteiger partial charge in [0.2, 0.25) is 0 Å². The zero-order valence-electron chi connectivity index (χ0n) is 10.4. The summed E-state index contributed by atoms with van der Waals surface area (Å²) in [4.78, 5) is 25.8. The van der Waals surface area contributed by atoms with Gasteiger partial charge >= 0.3 is 11.7 Å². The first-order valence-electron chi connectivity index (χ1n) is 5.92. The molecule has 0 amide bonds. The predicted molar refractivity (Wildman–Crippen MR) is 78.5 cm³/mol. The second kappa shape index (κ2) is 4.85. The van der Waals surface area contributed by atoms with Crippen molar-refractivity contribution in [3.63, 3.8) is 0 Å². The Balaban J connectivity index is 2.45. The van der Waals surface area contributed by atoms with Crippen molar-refractivity contribution >= 4 is 32.9 Å². The van der Waals surface area contributed by atoms with Gasteiger partial charge in [-0.3, -0.25) is 4.57 Å². The number of nitrogens with zero attached hydrogens (tertiary/aromatic N) is 1. The van der Waals surface area contributed by atoms with Crippen LogP contribution < -0.4 is 5.69 Å². The fraction of sp³-hybridized carbons (Fsp3) is 0. The predicted octanol–water partition coefficient (Wildman–Crippen LogP) is 2.92. The van der Waals surface area contributed by atoms with E-state index in [-0.39, 0.29) is 16.8 Å². The molecule has 0 radical (unpaired) electrons. The van der Waals surface area contributed by atoms with Crippen molar-refractivity contribution in [1.82, 2.24) is 9.55 Å². The Morgan fingerprint density at radius 1 is 1.24 bits per heavy atom. The molecule has 0 fully saturated rings. The van der Waals surface area contributed by atoms with Gasteiger partial charge in [0, 0.05) is 4.47 Å². The summed E-state index contributed by atoms with van der Waals surface area (Å²) in [6.45, 7) is 0. The molecule has 2 N–H and O–H groups in total. The number of carboxylic acids is 1. The van der Waals surface area contributed by atoms with E-state index in [2.05, 4.69) is 20.9 Å². The minimum Gasteiger partial charge on any atom is -0.478 e. The van der Waals surface area contributed by atoms with Gasteiger partial charge in [-0.15, -0.1) is 0 Å². The maximum atomic E-state index is 14.1. The molecule has 0 bridgehead atoms. The van der Waals surface area contributed by atoms with Crippen molar-refractivity contribution in [3.05, 3.63) is 62.7 Å². The first-order valence-corrected chi connectivity index (χ1v) is 6.71. The Hall–Kier alpha value is -2.41. The highest BCUT2D eigenvalue weighted by molar-refractivity contribution is 9.10. The normalized spacial score (nSPS) is 11.0. The lowest BCUT2D eigenvalue weighted by atomic mass is 10.2. The maximum Gasteiger partial charge on any atom is 0.337 e. The molecule has 2 aromatic carbocycles. The van der Waals surface area contributed by atoms with Crippen LogP contribution >= 0.6 is 15.9 Å². The second-order valence-corrected chi connectivity index (χ2v) is 5.20. The Bertz CT molecular complexity index is 909. The average Bonchev–Trinajstić information content (AvgIpc) is 2.75. The van der Waals surface area contributed by atoms with E-state index in [0.717, 1.165) is 4.57 Å². The number of aromatic amines is 1. The van der Waals surface area contributed by atoms with Crippen LogP contribution in [-0.4, -0.2) is 20.6 Å². The number of hydrogen-bond donors (Lipinski definition) is 2. The largest absolute Gasteiger partial charge is 0.478 e. The average molecular weight is 351 g/mol. The standard InChI is InChI=1S/C14H8BrFN2O3/c15-8-4-2-5-9(16)12(8)18-10-6-1-3-7(13(19)20)11(10)17-14(18)21/h1-6H,(H,17,21)(H,19,20). The molecule has 0 spiro atoms. The summed E-state index contributed by atoms with van der Waals surface area (Å²) in [6, 6.07) is 8.77. The SMILES string of the molecule is O=C(O)c1cccc2c1[nH]c(=O)n2-c1c(F)cccc1Br. The quantitative estimate of drug-likeness (QED) is 0.746. The number of para-hydroxylation sites is 2. The third-order valence-electron chi connectivity index (χ3n) is 3.11. The van der Waals surface area contributed by atoms with Gasteiger partial charge in [0.05, 0.1) is 16.6 Å². The van der Waals surface area contributed by atoms with Crippen LogP contribution in [0.2, 0.25) is 0 Å². The number of halogens is 2. The van der Waals surface area contributed by atoms with E-state index in [0.29, 0.717) is 9.99 Å². The molecule has 0 saturated carbocycles. The molecule has 0 aliphatic heterocycles. The van der Waals surface area contributed by atoms with E-state index in [1.54, 1.807) is 12.1 Å². The van der Waals surface area contributed by atoms with E-state index in [1.165, 1.54) is 24.3 Å². The minimum atomic E-state index is -1.17. The molecule has 106 valence electrons. The van der Waals surface area contributed by atoms with Crippen molar-refractivity contribution in [2.24, 2.45) is 0 Å². The zero-order valence-corrected chi connectivity index (χ0v) is 12.0. The fourth-order valence-electron chi connectivity index (χ4n) is 2.23. The molecule has 0 saturated heterocycles. The first kappa shape index (κ1) is 13.6. The monoisotopic (exact) mass is 350 g/mol. The van der Waals surface area contributed by atoms with E-state index in [4.69, 9.17) is 5.11 Å². The van der Waals surface area contributed by atoms with Crippen LogP contribution in [0, 0.1) is 5.82 Å². The van der Waals surface area contributed by atoms with Gasteiger partial charge in [-0.05, 0) is 40.2 Å². The number of carbonyl (C=O) groups is 1. The summed E-state index contributed by atoms with van der Waals surface area (Å²) in [5.74, 6) is -1.75. The third-order valence-corrected chi connectivity index (χ3v) is 3.75. The first-order chi connectivity index (χ1) is 10.0. The Kier molecular flexibility index (Phi) is 3.13. The number of H-pyrrole nitrogens is 1. The number of hydrogen-bond acceptors (Lipinski definition) is 2. The highest BCUT2D eigenvalue weighted by atomic mass is 79.9. The number of aromatic nitrogens is 2. The van der Waals surface area contributed by atoms with Gasteiger partial charge in [0.15, 0.2) is 0 Å². The van der Waals surface area contributed by atoms with Crippen LogP contribution in [0.4, 0.5) is 4.39 Å². The molecular formula is C14H8BrFN2O3. The third kappa shape index (κ3) is 2.06. The Morgan fingerprint density at radius 3 is 2.62 bits per heavy atom. The highest BCUT2D eigenvalue weighted by Crippen LogP contribution is 2.26. The van der Waals surface area contributed by atoms with E-state index < -0.39 is 17.5 Å². The summed E-state index contributed by atoms with van der Waals surface area (Å²) in [7, 11) is 0. The molecule has 1 aromatic heterocycles. The lowest BCUT2D eigenvalue weighted by molar-refractivity contribution is 0.0699. The van der Waals surface area contributed by atoms with Crippen molar-refractivity contribution in [1.29, 1.82) is 0 Å². The molecule has 0 unspecified atom stereocenters. The number of benzene rings is 2. The Labute approximate surface area is 125 Å². The van der Waals surface area contributed by atoms with Crippen LogP contribution in [0.15, 0.2) is 45.7 Å². The van der Waals surface area contributed by atoms with Crippen molar-refractivity contribution in [2.75, 3.05) is 0 Å². The van der Waals surface area contributed by atoms with Crippen molar-refractivity contribution < 1.29 is 14.3 Å². The second-order valence-electron chi connectivity index (χ2n) is 4.34. The van der Waals surface area contributed by atoms with Gasteiger partial charge in [-0.2, -0.15) is 0 Å². The topological polar surface area (TPSA) is 75.1 Å². The minimum absolute atomic E-state index is 0.0382. The lowest BCUT2D eigenvalue weighted by Gasteiger charge is -2.07. The van der Waals surface area contributed by atoms with Gasteiger partial charge in [-0.1, -0.05) is 12.1 Å². The highest BCUT2D eigenvalue weighted by Gasteiger charge is 2.18. The van der Waals surface area contributed by atoms with Crippen molar-refractivity contribution in [2.45, 2.75) is 0 Å². The molecule has 3 aromatic rings. The number of nitrogens with one attached hydrogen (secondary N) is 1. The summed E-state index contributed by atoms with van der Waals surface area (Å²) >= 11 is 3.21. The van der Waals surface area contributed by atoms with Crippen LogP contribution in [0.25, 0.3) is 16.7 Å². The molecule has 3 rings (SSSR count). The fourth-order valence-corrected chi connectivity index (χ4v) is 2.75. The molecule has 1 heterocycles. The summed E-state index contributed by atoms with van der Waals surface area (Å²) in [5, 5.41) is 9.15. The van der Waals surface area contributed by atoms with Crippen molar-refractivity contribution in [3.8, 4) is 5.69 Å². The van der Waals surface area contributed by atoms with Gasteiger partial charge < -0.3 is 10.1 Å². The van der Waals surface area contributed by atoms with E-state index in [9.17, 15) is 14.0 Å². The van der Waals surface area contributed by atoms with E-state index >= 15 is 0 Å². The van der Waals surface area contributed by atoms with Crippen LogP contribution in [0.1, 0.15) is 10.4 Å².